The third-order valence-electron chi connectivity index (χ3n) is 5.46. The zero-order valence-corrected chi connectivity index (χ0v) is 29.5. The monoisotopic (exact) mass is 619 g/mol. The molecule has 0 spiro atoms. The van der Waals surface area contributed by atoms with Crippen LogP contribution in [0.4, 0.5) is 10.8 Å². The van der Waals surface area contributed by atoms with E-state index in [4.69, 9.17) is 0 Å². The number of nitrogens with zero attached hydrogens (tertiary/aromatic N) is 6. The van der Waals surface area contributed by atoms with Gasteiger partial charge in [-0.2, -0.15) is 4.33 Å². The molecule has 17 heteroatoms. The predicted octanol–water partition coefficient (Wildman–Crippen LogP) is -1.17. The second kappa shape index (κ2) is 13.7. The minimum atomic E-state index is -2.34. The van der Waals surface area contributed by atoms with Gasteiger partial charge >= 0.3 is 80.9 Å². The Hall–Kier alpha value is -0.414. The van der Waals surface area contributed by atoms with Gasteiger partial charge in [-0.15, -0.1) is 20.4 Å². The van der Waals surface area contributed by atoms with Gasteiger partial charge in [0.2, 0.25) is 10.8 Å². The van der Waals surface area contributed by atoms with E-state index in [9.17, 15) is 14.0 Å². The van der Waals surface area contributed by atoms with Crippen molar-refractivity contribution in [3.63, 3.8) is 0 Å². The van der Waals surface area contributed by atoms with Crippen molar-refractivity contribution in [2.24, 2.45) is 10.2 Å². The number of aryl methyl sites for hydroxylation is 1. The Morgan fingerprint density at radius 1 is 1.15 bits per heavy atom. The van der Waals surface area contributed by atoms with Crippen LogP contribution in [0.5, 0.6) is 0 Å². The predicted molar refractivity (Wildman–Crippen MR) is 135 cm³/mol. The topological polar surface area (TPSA) is 165 Å². The Bertz CT molecular complexity index is 1680. The number of aromatic nitrogens is 5. The average Bonchev–Trinajstić information content (AvgIpc) is 3.54. The Morgan fingerprint density at radius 2 is 1.92 bits per heavy atom. The summed E-state index contributed by atoms with van der Waals surface area (Å²) < 4.78 is 29.5. The Balaban J connectivity index is 0.00000210. The number of rotatable bonds is 7. The van der Waals surface area contributed by atoms with E-state index in [1.54, 1.807) is 16.6 Å². The number of nitrogens with one attached hydrogen (secondary N) is 1. The van der Waals surface area contributed by atoms with Gasteiger partial charge in [0, 0.05) is 20.8 Å². The molecule has 3 aromatic heterocycles. The summed E-state index contributed by atoms with van der Waals surface area (Å²) in [6, 6.07) is 10.2. The third kappa shape index (κ3) is 7.15. The summed E-state index contributed by atoms with van der Waals surface area (Å²) in [4.78, 5) is 5.27. The maximum Gasteiger partial charge on any atom is 1.00 e. The van der Waals surface area contributed by atoms with Crippen LogP contribution in [0.3, 0.4) is 0 Å². The van der Waals surface area contributed by atoms with Crippen LogP contribution >= 0.6 is 23.4 Å². The van der Waals surface area contributed by atoms with Gasteiger partial charge in [-0.3, -0.25) is 14.3 Å². The number of thiazole rings is 1. The largest absolute Gasteiger partial charge is 1.00 e. The van der Waals surface area contributed by atoms with Crippen molar-refractivity contribution < 1.29 is 104 Å². The van der Waals surface area contributed by atoms with E-state index in [0.717, 1.165) is 33.6 Å². The van der Waals surface area contributed by atoms with E-state index in [-0.39, 0.29) is 91.3 Å². The summed E-state index contributed by atoms with van der Waals surface area (Å²) >= 11 is -0.221. The van der Waals surface area contributed by atoms with Gasteiger partial charge in [0.15, 0.2) is 11.5 Å². The Labute approximate surface area is 298 Å². The minimum absolute atomic E-state index is 0. The molecule has 1 atom stereocenters. The molecular formula is C22H19KN7NaO5S3. The van der Waals surface area contributed by atoms with Crippen molar-refractivity contribution in [1.29, 1.82) is 0 Å². The first-order chi connectivity index (χ1) is 17.7. The van der Waals surface area contributed by atoms with Crippen LogP contribution in [0.1, 0.15) is 32.0 Å². The number of H-pyrrole nitrogens is 1. The van der Waals surface area contributed by atoms with Gasteiger partial charge in [-0.05, 0) is 60.0 Å². The van der Waals surface area contributed by atoms with E-state index in [0.29, 0.717) is 32.7 Å². The number of benzene rings is 2. The molecule has 0 saturated carbocycles. The molecule has 2 aromatic carbocycles. The van der Waals surface area contributed by atoms with Crippen LogP contribution in [0.15, 0.2) is 56.4 Å². The fraction of sp³-hybridized carbons (Fsp3) is 0.227. The van der Waals surface area contributed by atoms with E-state index < -0.39 is 11.1 Å². The van der Waals surface area contributed by atoms with Gasteiger partial charge < -0.3 is 9.81 Å². The molecule has 0 aliphatic heterocycles. The molecule has 12 nitrogen and oxygen atoms in total. The first-order valence-electron chi connectivity index (χ1n) is 10.8. The van der Waals surface area contributed by atoms with Gasteiger partial charge in [-0.25, -0.2) is 9.50 Å². The van der Waals surface area contributed by atoms with Crippen LogP contribution in [-0.2, 0) is 25.9 Å². The van der Waals surface area contributed by atoms with Crippen LogP contribution in [0.2, 0.25) is 0 Å². The van der Waals surface area contributed by atoms with Crippen molar-refractivity contribution in [3.8, 4) is 11.4 Å². The Morgan fingerprint density at radius 3 is 2.59 bits per heavy atom. The van der Waals surface area contributed by atoms with Crippen molar-refractivity contribution >= 4 is 61.1 Å². The van der Waals surface area contributed by atoms with E-state index in [1.807, 2.05) is 39.8 Å². The summed E-state index contributed by atoms with van der Waals surface area (Å²) in [7, 11) is 0. The molecule has 3 heterocycles. The molecule has 0 fully saturated rings. The zero-order valence-electron chi connectivity index (χ0n) is 21.9. The average molecular weight is 620 g/mol. The molecule has 0 radical (unpaired) electrons. The number of azo groups is 1. The number of aromatic amines is 1. The van der Waals surface area contributed by atoms with Crippen molar-refractivity contribution in [3.05, 3.63) is 47.7 Å². The second-order valence-corrected chi connectivity index (χ2v) is 11.7. The molecule has 0 bridgehead atoms. The smallest absolute Gasteiger partial charge is 0.768 e. The number of hydrogen-bond donors (Lipinski definition) is 1. The fourth-order valence-electron chi connectivity index (χ4n) is 3.74. The molecule has 0 saturated heterocycles. The quantitative estimate of drug-likeness (QED) is 0.0590. The van der Waals surface area contributed by atoms with Crippen molar-refractivity contribution in [1.82, 2.24) is 24.8 Å². The van der Waals surface area contributed by atoms with Crippen molar-refractivity contribution in [2.45, 2.75) is 42.9 Å². The normalized spacial score (nSPS) is 12.7. The standard InChI is InChI=1S/C22H21N7O5S3.K.Na/c1-11-9-12(36-34-33-30)5-7-14(11)19-25-26-20-17(18(22(2,3)4)28-29(19)20)24-27-21-23-15-10-13(37(31)32)6-8-16(15)35-21;;/h5-10,28,30H,1-4H3,(H,31,32);;/q;2*+1/p-2. The molecule has 39 heavy (non-hydrogen) atoms. The molecule has 0 amide bonds. The SMILES string of the molecule is Cc1cc(SOO[O-])ccc1-c1nnc2c(N=Nc3nc4cc(S(=O)[O-])ccc4s3)c(C(C)(C)C)[nH]n12.[K+].[Na+]. The number of fused-ring (bicyclic) bond motifs is 2. The Kier molecular flexibility index (Phi) is 11.6. The van der Waals surface area contributed by atoms with E-state index in [1.165, 1.54) is 23.5 Å². The molecule has 1 N–H and O–H groups in total. The number of hydrogen-bond acceptors (Lipinski definition) is 12. The summed E-state index contributed by atoms with van der Waals surface area (Å²) in [6.45, 7) is 8.04. The van der Waals surface area contributed by atoms with Gasteiger partial charge in [0.1, 0.15) is 0 Å². The second-order valence-electron chi connectivity index (χ2n) is 9.02. The van der Waals surface area contributed by atoms with Gasteiger partial charge in [-0.1, -0.05) is 32.1 Å². The molecule has 0 aliphatic carbocycles. The zero-order chi connectivity index (χ0) is 26.3. The van der Waals surface area contributed by atoms with Gasteiger partial charge in [0.25, 0.3) is 0 Å². The maximum atomic E-state index is 11.3. The fourth-order valence-corrected chi connectivity index (χ4v) is 5.35. The molecular weight excluding hydrogens is 601 g/mol. The van der Waals surface area contributed by atoms with Crippen molar-refractivity contribution in [2.75, 3.05) is 0 Å². The molecule has 0 aliphatic rings. The third-order valence-corrected chi connectivity index (χ3v) is 7.59. The summed E-state index contributed by atoms with van der Waals surface area (Å²) in [5.41, 5.74) is 3.74. The molecule has 5 rings (SSSR count). The summed E-state index contributed by atoms with van der Waals surface area (Å²) in [6.07, 6.45) is 0. The summed E-state index contributed by atoms with van der Waals surface area (Å²) in [5, 5.41) is 34.9. The first-order valence-corrected chi connectivity index (χ1v) is 13.4. The van der Waals surface area contributed by atoms with Gasteiger partial charge in [0.05, 0.1) is 28.0 Å². The minimum Gasteiger partial charge on any atom is -0.768 e. The molecule has 5 aromatic rings. The van der Waals surface area contributed by atoms with Crippen LogP contribution in [0.25, 0.3) is 27.3 Å². The summed E-state index contributed by atoms with van der Waals surface area (Å²) in [5.74, 6) is 0.579. The van der Waals surface area contributed by atoms with Crippen LogP contribution in [-0.4, -0.2) is 33.6 Å². The van der Waals surface area contributed by atoms with E-state index >= 15 is 0 Å². The van der Waals surface area contributed by atoms with Crippen LogP contribution in [0, 0.1) is 6.92 Å². The molecule has 1 unspecified atom stereocenters. The van der Waals surface area contributed by atoms with Crippen LogP contribution < -0.4 is 86.2 Å². The first kappa shape index (κ1) is 33.1. The van der Waals surface area contributed by atoms with E-state index in [2.05, 4.69) is 39.9 Å². The maximum absolute atomic E-state index is 11.3. The molecule has 192 valence electrons.